The minimum atomic E-state index is -1.59. The fourth-order valence-corrected chi connectivity index (χ4v) is 8.68. The van der Waals surface area contributed by atoms with Gasteiger partial charge in [-0.2, -0.15) is 0 Å². The van der Waals surface area contributed by atoms with Gasteiger partial charge in [-0.25, -0.2) is 0 Å². The van der Waals surface area contributed by atoms with Gasteiger partial charge >= 0.3 is 0 Å². The first kappa shape index (κ1) is 47.9. The molecule has 0 amide bonds. The van der Waals surface area contributed by atoms with Gasteiger partial charge in [0.15, 0.2) is 12.6 Å². The van der Waals surface area contributed by atoms with Gasteiger partial charge in [0.05, 0.1) is 41.7 Å². The number of hydrogen-bond acceptors (Lipinski definition) is 13. The molecule has 1 saturated carbocycles. The summed E-state index contributed by atoms with van der Waals surface area (Å²) in [6, 6.07) is -0.247. The number of aliphatic hydroxyl groups is 5. The fraction of sp³-hybridized carbons (Fsp3) is 0.947. The second-order valence-corrected chi connectivity index (χ2v) is 15.7. The Morgan fingerprint density at radius 2 is 1.59 bits per heavy atom. The molecule has 13 nitrogen and oxygen atoms in total. The molecule has 3 fully saturated rings. The van der Waals surface area contributed by atoms with E-state index in [9.17, 15) is 24.9 Å². The van der Waals surface area contributed by atoms with Gasteiger partial charge in [-0.1, -0.05) is 34.6 Å². The van der Waals surface area contributed by atoms with Crippen molar-refractivity contribution in [3.63, 3.8) is 0 Å². The summed E-state index contributed by atoms with van der Waals surface area (Å²) in [5.74, 6) is -2.05. The van der Waals surface area contributed by atoms with Crippen LogP contribution >= 0.6 is 0 Å². The van der Waals surface area contributed by atoms with Crippen molar-refractivity contribution >= 4 is 12.1 Å². The number of ketones is 1. The normalized spacial score (nSPS) is 37.0. The summed E-state index contributed by atoms with van der Waals surface area (Å²) in [4.78, 5) is 27.9. The van der Waals surface area contributed by atoms with Gasteiger partial charge < -0.3 is 58.9 Å². The minimum Gasteiger partial charge on any atom is -0.400 e. The van der Waals surface area contributed by atoms with E-state index in [1.54, 1.807) is 27.9 Å². The Labute approximate surface area is 307 Å². The van der Waals surface area contributed by atoms with Gasteiger partial charge in [0.25, 0.3) is 0 Å². The Morgan fingerprint density at radius 1 is 1.00 bits per heavy atom. The first-order chi connectivity index (χ1) is 23.9. The number of aldehydes is 1. The molecule has 2 aliphatic heterocycles. The molecule has 51 heavy (non-hydrogen) atoms. The van der Waals surface area contributed by atoms with Crippen molar-refractivity contribution in [3.8, 4) is 0 Å². The third kappa shape index (κ3) is 12.7. The van der Waals surface area contributed by atoms with Crippen molar-refractivity contribution in [1.29, 1.82) is 0 Å². The number of carbonyl (C=O) groups is 2. The van der Waals surface area contributed by atoms with Crippen LogP contribution in [-0.2, 0) is 33.3 Å². The Balaban J connectivity index is 0.00000313. The van der Waals surface area contributed by atoms with E-state index in [0.717, 1.165) is 26.9 Å². The van der Waals surface area contributed by atoms with E-state index in [1.807, 2.05) is 46.7 Å². The second kappa shape index (κ2) is 21.7. The summed E-state index contributed by atoms with van der Waals surface area (Å²) in [6.45, 7) is 15.1. The van der Waals surface area contributed by atoms with Crippen molar-refractivity contribution < 1.29 is 58.8 Å². The number of rotatable bonds is 15. The Kier molecular flexibility index (Phi) is 20.4. The van der Waals surface area contributed by atoms with E-state index >= 15 is 0 Å². The third-order valence-corrected chi connectivity index (χ3v) is 11.0. The Morgan fingerprint density at radius 3 is 2.10 bits per heavy atom. The highest BCUT2D eigenvalue weighted by molar-refractivity contribution is 5.84. The lowest BCUT2D eigenvalue weighted by molar-refractivity contribution is -0.310. The molecule has 10 unspecified atom stereocenters. The molecule has 0 radical (unpaired) electrons. The van der Waals surface area contributed by atoms with E-state index in [4.69, 9.17) is 33.9 Å². The number of aliphatic hydroxyl groups excluding tert-OH is 3. The van der Waals surface area contributed by atoms with Crippen LogP contribution in [0.2, 0.25) is 0 Å². The topological polar surface area (TPSA) is 185 Å². The molecule has 2 saturated heterocycles. The average Bonchev–Trinajstić information content (AvgIpc) is 3.07. The van der Waals surface area contributed by atoms with Crippen molar-refractivity contribution in [2.75, 3.05) is 35.4 Å². The maximum atomic E-state index is 13.6. The molecule has 3 aliphatic rings. The van der Waals surface area contributed by atoms with Crippen LogP contribution in [0.5, 0.6) is 0 Å². The van der Waals surface area contributed by atoms with Gasteiger partial charge in [-0.3, -0.25) is 4.79 Å². The molecule has 0 spiro atoms. The molecule has 1 aliphatic carbocycles. The van der Waals surface area contributed by atoms with Crippen molar-refractivity contribution in [1.82, 2.24) is 4.90 Å². The molecule has 302 valence electrons. The van der Waals surface area contributed by atoms with Crippen LogP contribution in [0, 0.1) is 29.6 Å². The summed E-state index contributed by atoms with van der Waals surface area (Å²) in [7, 11) is 7.33. The van der Waals surface area contributed by atoms with E-state index in [2.05, 4.69) is 6.92 Å². The first-order valence-corrected chi connectivity index (χ1v) is 18.7. The zero-order chi connectivity index (χ0) is 39.4. The summed E-state index contributed by atoms with van der Waals surface area (Å²) >= 11 is 0. The number of methoxy groups -OCH3 is 1. The summed E-state index contributed by atoms with van der Waals surface area (Å²) in [5, 5.41) is 49.7. The molecule has 3 rings (SSSR count). The largest absolute Gasteiger partial charge is 0.400 e. The van der Waals surface area contributed by atoms with Crippen LogP contribution in [0.1, 0.15) is 100 Å². The molecular weight excluding hydrogens is 662 g/mol. The molecule has 2 heterocycles. The number of Topliss-reactive ketones (excluding diaryl/α,β-unsaturated/α-hetero) is 1. The number of nitrogens with zero attached hydrogens (tertiary/aromatic N) is 1. The third-order valence-electron chi connectivity index (χ3n) is 11.0. The maximum absolute atomic E-state index is 13.6. The Hall–Kier alpha value is -1.10. The molecule has 5 N–H and O–H groups in total. The predicted octanol–water partition coefficient (Wildman–Crippen LogP) is 2.94. The van der Waals surface area contributed by atoms with Crippen LogP contribution in [-0.4, -0.2) is 144 Å². The average molecular weight is 736 g/mol. The van der Waals surface area contributed by atoms with Crippen molar-refractivity contribution in [3.05, 3.63) is 0 Å². The highest BCUT2D eigenvalue weighted by atomic mass is 16.7. The molecule has 0 aromatic heterocycles. The minimum absolute atomic E-state index is 0.00415. The van der Waals surface area contributed by atoms with Crippen LogP contribution < -0.4 is 0 Å². The van der Waals surface area contributed by atoms with Crippen LogP contribution in [0.25, 0.3) is 0 Å². The highest BCUT2D eigenvalue weighted by Crippen LogP contribution is 2.45. The zero-order valence-corrected chi connectivity index (χ0v) is 33.7. The molecule has 0 aromatic carbocycles. The van der Waals surface area contributed by atoms with Gasteiger partial charge in [-0.05, 0) is 79.3 Å². The second-order valence-electron chi connectivity index (χ2n) is 15.7. The van der Waals surface area contributed by atoms with Crippen molar-refractivity contribution in [2.24, 2.45) is 29.6 Å². The van der Waals surface area contributed by atoms with Crippen LogP contribution in [0.15, 0.2) is 0 Å². The van der Waals surface area contributed by atoms with E-state index < -0.39 is 71.9 Å². The molecule has 13 heteroatoms. The van der Waals surface area contributed by atoms with Gasteiger partial charge in [-0.15, -0.1) is 0 Å². The number of carbonyl (C=O) groups excluding carboxylic acids is 2. The monoisotopic (exact) mass is 736 g/mol. The zero-order valence-electron chi connectivity index (χ0n) is 33.7. The maximum Gasteiger partial charge on any atom is 0.185 e. The number of ether oxygens (including phenoxy) is 5. The number of hydrogen-bond donors (Lipinski definition) is 5. The van der Waals surface area contributed by atoms with Gasteiger partial charge in [0.2, 0.25) is 0 Å². The predicted molar refractivity (Wildman–Crippen MR) is 194 cm³/mol. The first-order valence-electron chi connectivity index (χ1n) is 18.7. The SMILES string of the molecule is CCC(OC)[C@@](C)(O)C[C@H]1C[C@](O)([C@H](OC2OC(C)CC(N(C)C)[C@H]2O)C(C)C(OC2CC(C)CC(C)O2)C(C)C=O)C[C@@H](C)C1=O.CO.CO. The quantitative estimate of drug-likeness (QED) is 0.155. The summed E-state index contributed by atoms with van der Waals surface area (Å²) < 4.78 is 31.2. The molecule has 16 atom stereocenters. The fourth-order valence-electron chi connectivity index (χ4n) is 8.68. The number of likely N-dealkylation sites (N-methyl/N-ethyl adjacent to an activating group) is 1. The molecular formula is C38H73NO12. The van der Waals surface area contributed by atoms with Crippen LogP contribution in [0.4, 0.5) is 0 Å². The van der Waals surface area contributed by atoms with Crippen LogP contribution in [0.3, 0.4) is 0 Å². The highest BCUT2D eigenvalue weighted by Gasteiger charge is 2.55. The lowest BCUT2D eigenvalue weighted by Gasteiger charge is -2.51. The van der Waals surface area contributed by atoms with Crippen molar-refractivity contribution in [2.45, 2.75) is 167 Å². The smallest absolute Gasteiger partial charge is 0.185 e. The van der Waals surface area contributed by atoms with Gasteiger partial charge in [0, 0.05) is 57.5 Å². The summed E-state index contributed by atoms with van der Waals surface area (Å²) in [5.41, 5.74) is -2.90. The van der Waals surface area contributed by atoms with E-state index in [1.165, 1.54) is 0 Å². The van der Waals surface area contributed by atoms with Gasteiger partial charge in [0.1, 0.15) is 18.2 Å². The Bertz CT molecular complexity index is 1000. The summed E-state index contributed by atoms with van der Waals surface area (Å²) in [6.07, 6.45) is -1.26. The van der Waals surface area contributed by atoms with E-state index in [-0.39, 0.29) is 43.3 Å². The lowest BCUT2D eigenvalue weighted by atomic mass is 9.64. The standard InChI is InChI=1S/C36H65NO10.2CH4O/c1-12-28(43-11)35(8,41)17-26-18-36(42,16-21(3)30(26)39)33(47-34-31(40)27(37(9)10)15-24(6)45-34)25(7)32(22(4)19-38)46-29-14-20(2)13-23(5)44-29;2*1-2/h19-29,31-34,40-42H,12-18H2,1-11H3;2*2H,1H3/t20?,21-,22?,23?,24?,25?,26+,27?,28?,29?,31-,32?,33-,34?,35+,36+;;/m1../s1. The van der Waals surface area contributed by atoms with E-state index in [0.29, 0.717) is 25.2 Å². The molecule has 0 aromatic rings. The lowest BCUT2D eigenvalue weighted by Crippen LogP contribution is -2.62. The molecule has 0 bridgehead atoms.